The number of H-pyrrole nitrogens is 1. The zero-order valence-corrected chi connectivity index (χ0v) is 18.0. The van der Waals surface area contributed by atoms with Crippen molar-refractivity contribution in [3.63, 3.8) is 0 Å². The van der Waals surface area contributed by atoms with Gasteiger partial charge in [-0.3, -0.25) is 24.0 Å². The molecule has 33 heavy (non-hydrogen) atoms. The van der Waals surface area contributed by atoms with E-state index in [9.17, 15) is 14.4 Å². The lowest BCUT2D eigenvalue weighted by Crippen LogP contribution is -2.38. The minimum Gasteiger partial charge on any atom is -0.321 e. The van der Waals surface area contributed by atoms with Crippen molar-refractivity contribution < 1.29 is 9.59 Å². The number of amides is 2. The highest BCUT2D eigenvalue weighted by Crippen LogP contribution is 2.26. The number of rotatable bonds is 4. The van der Waals surface area contributed by atoms with Crippen LogP contribution in [0.3, 0.4) is 0 Å². The standard InChI is InChI=1S/C24H18ClN5O3/c25-15-4-3-5-16(14-15)26-23(32)21-19-11-13-30(24(33)22(19)28-27-21)18-9-7-17(8-10-18)29-12-2-1-6-20(29)31/h1-10,12,14H,11,13H2,(H,26,32)(H,27,28). The van der Waals surface area contributed by atoms with Gasteiger partial charge < -0.3 is 10.2 Å². The first kappa shape index (κ1) is 20.7. The Labute approximate surface area is 193 Å². The highest BCUT2D eigenvalue weighted by atomic mass is 35.5. The van der Waals surface area contributed by atoms with Crippen LogP contribution >= 0.6 is 11.6 Å². The minimum atomic E-state index is -0.409. The number of benzene rings is 2. The predicted molar refractivity (Wildman–Crippen MR) is 125 cm³/mol. The molecule has 0 atom stereocenters. The van der Waals surface area contributed by atoms with E-state index < -0.39 is 5.91 Å². The van der Waals surface area contributed by atoms with Crippen molar-refractivity contribution in [2.45, 2.75) is 6.42 Å². The molecule has 4 aromatic rings. The summed E-state index contributed by atoms with van der Waals surface area (Å²) in [7, 11) is 0. The van der Waals surface area contributed by atoms with Gasteiger partial charge in [0.15, 0.2) is 5.69 Å². The molecule has 2 aromatic carbocycles. The van der Waals surface area contributed by atoms with Crippen LogP contribution in [0.15, 0.2) is 77.7 Å². The van der Waals surface area contributed by atoms with Gasteiger partial charge in [0.1, 0.15) is 5.69 Å². The van der Waals surface area contributed by atoms with Crippen molar-refractivity contribution >= 4 is 34.8 Å². The minimum absolute atomic E-state index is 0.134. The van der Waals surface area contributed by atoms with Crippen molar-refractivity contribution in [2.75, 3.05) is 16.8 Å². The number of aromatic nitrogens is 3. The van der Waals surface area contributed by atoms with Gasteiger partial charge in [-0.2, -0.15) is 5.10 Å². The van der Waals surface area contributed by atoms with Crippen LogP contribution in [-0.2, 0) is 6.42 Å². The number of carbonyl (C=O) groups is 2. The number of nitrogens with zero attached hydrogens (tertiary/aromatic N) is 3. The Balaban J connectivity index is 1.36. The second kappa shape index (κ2) is 8.40. The molecule has 0 saturated heterocycles. The number of hydrogen-bond acceptors (Lipinski definition) is 4. The Morgan fingerprint density at radius 1 is 1.00 bits per heavy atom. The molecule has 0 saturated carbocycles. The van der Waals surface area contributed by atoms with Crippen LogP contribution in [0, 0.1) is 0 Å². The lowest BCUT2D eigenvalue weighted by molar-refractivity contribution is 0.0975. The van der Waals surface area contributed by atoms with Gasteiger partial charge in [0.25, 0.3) is 17.4 Å². The highest BCUT2D eigenvalue weighted by molar-refractivity contribution is 6.31. The van der Waals surface area contributed by atoms with E-state index in [1.54, 1.807) is 71.8 Å². The lowest BCUT2D eigenvalue weighted by Gasteiger charge is -2.27. The SMILES string of the molecule is O=C(Nc1cccc(Cl)c1)c1n[nH]c2c1CCN(c1ccc(-n3ccccc3=O)cc1)C2=O. The Hall–Kier alpha value is -4.17. The zero-order chi connectivity index (χ0) is 22.9. The maximum Gasteiger partial charge on any atom is 0.276 e. The molecular formula is C24H18ClN5O3. The van der Waals surface area contributed by atoms with Gasteiger partial charge in [0.05, 0.1) is 0 Å². The van der Waals surface area contributed by atoms with Crippen LogP contribution in [0.25, 0.3) is 5.69 Å². The average molecular weight is 460 g/mol. The predicted octanol–water partition coefficient (Wildman–Crippen LogP) is 3.67. The van der Waals surface area contributed by atoms with Gasteiger partial charge in [-0.1, -0.05) is 23.7 Å². The molecule has 0 unspecified atom stereocenters. The van der Waals surface area contributed by atoms with Gasteiger partial charge >= 0.3 is 0 Å². The molecule has 8 nitrogen and oxygen atoms in total. The number of fused-ring (bicyclic) bond motifs is 1. The molecule has 0 fully saturated rings. The summed E-state index contributed by atoms with van der Waals surface area (Å²) < 4.78 is 1.53. The van der Waals surface area contributed by atoms with Crippen molar-refractivity contribution in [2.24, 2.45) is 0 Å². The van der Waals surface area contributed by atoms with E-state index in [1.165, 1.54) is 10.6 Å². The third kappa shape index (κ3) is 3.92. The molecule has 164 valence electrons. The number of nitrogens with one attached hydrogen (secondary N) is 2. The van der Waals surface area contributed by atoms with Gasteiger partial charge in [-0.15, -0.1) is 0 Å². The molecule has 9 heteroatoms. The molecule has 0 radical (unpaired) electrons. The van der Waals surface area contributed by atoms with Crippen LogP contribution < -0.4 is 15.8 Å². The third-order valence-corrected chi connectivity index (χ3v) is 5.71. The number of aromatic amines is 1. The summed E-state index contributed by atoms with van der Waals surface area (Å²) in [5, 5.41) is 10.1. The number of halogens is 1. The van der Waals surface area contributed by atoms with E-state index >= 15 is 0 Å². The Morgan fingerprint density at radius 2 is 1.79 bits per heavy atom. The zero-order valence-electron chi connectivity index (χ0n) is 17.3. The maximum absolute atomic E-state index is 13.1. The van der Waals surface area contributed by atoms with Crippen LogP contribution in [0.2, 0.25) is 5.02 Å². The first-order valence-electron chi connectivity index (χ1n) is 10.3. The Bertz CT molecular complexity index is 1420. The van der Waals surface area contributed by atoms with Crippen molar-refractivity contribution in [1.82, 2.24) is 14.8 Å². The van der Waals surface area contributed by atoms with Crippen LogP contribution in [0.4, 0.5) is 11.4 Å². The third-order valence-electron chi connectivity index (χ3n) is 5.47. The molecule has 5 rings (SSSR count). The van der Waals surface area contributed by atoms with Crippen molar-refractivity contribution in [3.05, 3.63) is 105 Å². The first-order valence-corrected chi connectivity index (χ1v) is 10.6. The fraction of sp³-hybridized carbons (Fsp3) is 0.0833. The van der Waals surface area contributed by atoms with Crippen LogP contribution in [0.1, 0.15) is 26.5 Å². The molecule has 2 N–H and O–H groups in total. The van der Waals surface area contributed by atoms with Gasteiger partial charge in [-0.05, 0) is 55.0 Å². The van der Waals surface area contributed by atoms with E-state index in [2.05, 4.69) is 15.5 Å². The number of anilines is 2. The fourth-order valence-corrected chi connectivity index (χ4v) is 4.06. The summed E-state index contributed by atoms with van der Waals surface area (Å²) >= 11 is 5.97. The second-order valence-electron chi connectivity index (χ2n) is 7.52. The molecule has 2 aromatic heterocycles. The van der Waals surface area contributed by atoms with E-state index in [-0.39, 0.29) is 17.2 Å². The molecular weight excluding hydrogens is 442 g/mol. The lowest BCUT2D eigenvalue weighted by atomic mass is 10.0. The summed E-state index contributed by atoms with van der Waals surface area (Å²) in [5.41, 5.74) is 2.88. The first-order chi connectivity index (χ1) is 16.0. The summed E-state index contributed by atoms with van der Waals surface area (Å²) in [6, 6.07) is 18.9. The summed E-state index contributed by atoms with van der Waals surface area (Å²) in [4.78, 5) is 39.5. The monoisotopic (exact) mass is 459 g/mol. The fourth-order valence-electron chi connectivity index (χ4n) is 3.87. The van der Waals surface area contributed by atoms with Crippen molar-refractivity contribution in [1.29, 1.82) is 0 Å². The molecule has 1 aliphatic rings. The van der Waals surface area contributed by atoms with E-state index in [0.717, 1.165) is 0 Å². The number of hydrogen-bond donors (Lipinski definition) is 2. The van der Waals surface area contributed by atoms with Gasteiger partial charge in [0, 0.05) is 46.5 Å². The average Bonchev–Trinajstić information content (AvgIpc) is 3.25. The molecule has 2 amide bonds. The Morgan fingerprint density at radius 3 is 2.55 bits per heavy atom. The molecule has 0 bridgehead atoms. The van der Waals surface area contributed by atoms with E-state index in [1.807, 2.05) is 0 Å². The second-order valence-corrected chi connectivity index (χ2v) is 7.96. The largest absolute Gasteiger partial charge is 0.321 e. The summed E-state index contributed by atoms with van der Waals surface area (Å²) in [5.74, 6) is -0.677. The van der Waals surface area contributed by atoms with Crippen molar-refractivity contribution in [3.8, 4) is 5.69 Å². The molecule has 0 spiro atoms. The van der Waals surface area contributed by atoms with E-state index in [0.29, 0.717) is 46.3 Å². The summed E-state index contributed by atoms with van der Waals surface area (Å²) in [6.45, 7) is 0.396. The molecule has 1 aliphatic heterocycles. The van der Waals surface area contributed by atoms with Gasteiger partial charge in [-0.25, -0.2) is 0 Å². The number of carbonyl (C=O) groups excluding carboxylic acids is 2. The topological polar surface area (TPSA) is 100 Å². The summed E-state index contributed by atoms with van der Waals surface area (Å²) in [6.07, 6.45) is 2.16. The highest BCUT2D eigenvalue weighted by Gasteiger charge is 2.32. The Kier molecular flexibility index (Phi) is 5.27. The normalized spacial score (nSPS) is 13.0. The smallest absolute Gasteiger partial charge is 0.276 e. The maximum atomic E-state index is 13.1. The van der Waals surface area contributed by atoms with Crippen LogP contribution in [-0.4, -0.2) is 33.1 Å². The van der Waals surface area contributed by atoms with E-state index in [4.69, 9.17) is 11.6 Å². The van der Waals surface area contributed by atoms with Gasteiger partial charge in [0.2, 0.25) is 0 Å². The molecule has 0 aliphatic carbocycles. The molecule has 3 heterocycles. The quantitative estimate of drug-likeness (QED) is 0.486. The van der Waals surface area contributed by atoms with Crippen LogP contribution in [0.5, 0.6) is 0 Å². The number of pyridine rings is 1.